The third-order valence-electron chi connectivity index (χ3n) is 12.6. The minimum atomic E-state index is -0.201. The van der Waals surface area contributed by atoms with E-state index < -0.39 is 0 Å². The third-order valence-corrected chi connectivity index (χ3v) is 12.6. The molecule has 0 radical (unpaired) electrons. The lowest BCUT2D eigenvalue weighted by atomic mass is 9.79. The third kappa shape index (κ3) is 4.37. The first-order chi connectivity index (χ1) is 27.5. The first-order valence-corrected chi connectivity index (χ1v) is 19.6. The summed E-state index contributed by atoms with van der Waals surface area (Å²) in [4.78, 5) is 0. The Labute approximate surface area is 325 Å². The van der Waals surface area contributed by atoms with Crippen molar-refractivity contribution in [2.45, 2.75) is 19.3 Å². The van der Waals surface area contributed by atoms with Crippen molar-refractivity contribution in [3.8, 4) is 44.5 Å². The van der Waals surface area contributed by atoms with E-state index in [1.807, 2.05) is 0 Å². The van der Waals surface area contributed by atoms with Gasteiger partial charge in [0.2, 0.25) is 0 Å². The summed E-state index contributed by atoms with van der Waals surface area (Å²) < 4.78 is 6.62. The van der Waals surface area contributed by atoms with Crippen LogP contribution in [0, 0.1) is 0 Å². The van der Waals surface area contributed by atoms with Gasteiger partial charge in [0.15, 0.2) is 0 Å². The van der Waals surface area contributed by atoms with E-state index in [2.05, 4.69) is 196 Å². The predicted molar refractivity (Wildman–Crippen MR) is 238 cm³/mol. The number of hydrogen-bond acceptors (Lipinski definition) is 1. The molecule has 56 heavy (non-hydrogen) atoms. The first kappa shape index (κ1) is 31.4. The molecule has 1 heterocycles. The molecule has 1 aliphatic carbocycles. The normalized spacial score (nSPS) is 13.3. The Hall–Kier alpha value is -6.96. The number of rotatable bonds is 3. The summed E-state index contributed by atoms with van der Waals surface area (Å²) in [5.41, 5.74) is 14.6. The zero-order valence-corrected chi connectivity index (χ0v) is 31.2. The van der Waals surface area contributed by atoms with Crippen LogP contribution in [0.5, 0.6) is 0 Å². The highest BCUT2D eigenvalue weighted by molar-refractivity contribution is 6.22. The number of furan rings is 1. The maximum atomic E-state index is 6.62. The summed E-state index contributed by atoms with van der Waals surface area (Å²) in [5, 5.41) is 12.4. The molecule has 12 rings (SSSR count). The minimum Gasteiger partial charge on any atom is -0.455 e. The van der Waals surface area contributed by atoms with Gasteiger partial charge in [-0.1, -0.05) is 172 Å². The van der Waals surface area contributed by atoms with Gasteiger partial charge in [0.1, 0.15) is 11.2 Å². The van der Waals surface area contributed by atoms with Crippen molar-refractivity contribution in [3.63, 3.8) is 0 Å². The van der Waals surface area contributed by atoms with Crippen LogP contribution < -0.4 is 0 Å². The molecule has 10 aromatic carbocycles. The molecule has 0 saturated heterocycles. The largest absolute Gasteiger partial charge is 0.455 e. The van der Waals surface area contributed by atoms with E-state index in [4.69, 9.17) is 4.42 Å². The van der Waals surface area contributed by atoms with Crippen molar-refractivity contribution in [2.24, 2.45) is 0 Å². The van der Waals surface area contributed by atoms with Crippen molar-refractivity contribution in [1.29, 1.82) is 0 Å². The molecule has 0 unspecified atom stereocenters. The van der Waals surface area contributed by atoms with Crippen LogP contribution in [0.25, 0.3) is 110 Å². The Morgan fingerprint density at radius 1 is 0.375 bits per heavy atom. The van der Waals surface area contributed by atoms with Gasteiger partial charge in [0.05, 0.1) is 0 Å². The first-order valence-electron chi connectivity index (χ1n) is 19.6. The van der Waals surface area contributed by atoms with Gasteiger partial charge in [0, 0.05) is 21.6 Å². The van der Waals surface area contributed by atoms with E-state index in [1.165, 1.54) is 104 Å². The lowest BCUT2D eigenvalue weighted by Gasteiger charge is -2.23. The van der Waals surface area contributed by atoms with Gasteiger partial charge in [-0.15, -0.1) is 0 Å². The van der Waals surface area contributed by atoms with Crippen molar-refractivity contribution in [1.82, 2.24) is 0 Å². The van der Waals surface area contributed by atoms with Crippen LogP contribution in [0.4, 0.5) is 0 Å². The molecule has 0 bridgehead atoms. The fraction of sp³-hybridized carbons (Fsp3) is 0.0545. The Bertz CT molecular complexity index is 3370. The fourth-order valence-electron chi connectivity index (χ4n) is 10.0. The zero-order valence-electron chi connectivity index (χ0n) is 31.2. The Morgan fingerprint density at radius 3 is 1.62 bits per heavy atom. The molecule has 0 N–H and O–H groups in total. The van der Waals surface area contributed by atoms with Gasteiger partial charge in [-0.05, 0) is 118 Å². The van der Waals surface area contributed by atoms with Crippen molar-refractivity contribution >= 4 is 65.0 Å². The van der Waals surface area contributed by atoms with Crippen LogP contribution in [0.3, 0.4) is 0 Å². The molecule has 0 saturated carbocycles. The average Bonchev–Trinajstić information content (AvgIpc) is 3.74. The second-order valence-electron chi connectivity index (χ2n) is 16.0. The molecular weight excluding hydrogens is 677 g/mol. The van der Waals surface area contributed by atoms with E-state index in [-0.39, 0.29) is 5.41 Å². The standard InChI is InChI=1S/C55H36O/c1-55(2)48-32-38(26-27-41(48)46-29-30-49-52(53(46)55)47-28-25-35-12-5-6-14-40(35)54(47)56-49)34-19-22-36(23-20-34)50-42-15-7-9-17-44(42)51(45-18-10-8-16-43(45)50)39-24-21-33-11-3-4-13-37(33)31-39/h3-32H,1-2H3. The monoisotopic (exact) mass is 712 g/mol. The molecule has 1 aromatic heterocycles. The Balaban J connectivity index is 0.972. The van der Waals surface area contributed by atoms with Gasteiger partial charge >= 0.3 is 0 Å². The number of benzene rings is 10. The topological polar surface area (TPSA) is 13.1 Å². The summed E-state index contributed by atoms with van der Waals surface area (Å²) >= 11 is 0. The van der Waals surface area contributed by atoms with Crippen molar-refractivity contribution < 1.29 is 4.42 Å². The molecule has 1 aliphatic rings. The molecule has 262 valence electrons. The summed E-state index contributed by atoms with van der Waals surface area (Å²) in [7, 11) is 0. The van der Waals surface area contributed by atoms with Gasteiger partial charge in [-0.25, -0.2) is 0 Å². The number of hydrogen-bond donors (Lipinski definition) is 0. The maximum absolute atomic E-state index is 6.62. The predicted octanol–water partition coefficient (Wildman–Crippen LogP) is 15.5. The van der Waals surface area contributed by atoms with E-state index in [0.717, 1.165) is 16.6 Å². The maximum Gasteiger partial charge on any atom is 0.143 e. The molecule has 0 aliphatic heterocycles. The fourth-order valence-corrected chi connectivity index (χ4v) is 10.0. The zero-order chi connectivity index (χ0) is 37.1. The highest BCUT2D eigenvalue weighted by Crippen LogP contribution is 2.54. The van der Waals surface area contributed by atoms with Crippen molar-refractivity contribution in [2.75, 3.05) is 0 Å². The summed E-state index contributed by atoms with van der Waals surface area (Å²) in [6.07, 6.45) is 0. The molecule has 11 aromatic rings. The van der Waals surface area contributed by atoms with Gasteiger partial charge in [0.25, 0.3) is 0 Å². The van der Waals surface area contributed by atoms with Crippen LogP contribution in [-0.4, -0.2) is 0 Å². The smallest absolute Gasteiger partial charge is 0.143 e. The van der Waals surface area contributed by atoms with Crippen LogP contribution >= 0.6 is 0 Å². The van der Waals surface area contributed by atoms with Crippen LogP contribution in [0.15, 0.2) is 186 Å². The molecule has 0 fully saturated rings. The van der Waals surface area contributed by atoms with Crippen molar-refractivity contribution in [3.05, 3.63) is 193 Å². The highest BCUT2D eigenvalue weighted by atomic mass is 16.3. The van der Waals surface area contributed by atoms with Gasteiger partial charge < -0.3 is 4.42 Å². The SMILES string of the molecule is CC1(C)c2cc(-c3ccc(-c4c5ccccc5c(-c5ccc6ccccc6c5)c5ccccc45)cc3)ccc2-c2ccc3oc4c5ccccc5ccc4c3c21. The highest BCUT2D eigenvalue weighted by Gasteiger charge is 2.38. The summed E-state index contributed by atoms with van der Waals surface area (Å²) in [6.45, 7) is 4.75. The quantitative estimate of drug-likeness (QED) is 0.166. The van der Waals surface area contributed by atoms with Crippen LogP contribution in [-0.2, 0) is 5.41 Å². The second kappa shape index (κ2) is 11.5. The Morgan fingerprint density at radius 2 is 0.911 bits per heavy atom. The molecule has 0 amide bonds. The summed E-state index contributed by atoms with van der Waals surface area (Å²) in [5.74, 6) is 0. The molecule has 0 spiro atoms. The second-order valence-corrected chi connectivity index (χ2v) is 16.0. The minimum absolute atomic E-state index is 0.201. The Kier molecular flexibility index (Phi) is 6.46. The van der Waals surface area contributed by atoms with E-state index in [9.17, 15) is 0 Å². The van der Waals surface area contributed by atoms with Crippen LogP contribution in [0.1, 0.15) is 25.0 Å². The average molecular weight is 713 g/mol. The van der Waals surface area contributed by atoms with Gasteiger partial charge in [-0.3, -0.25) is 0 Å². The summed E-state index contributed by atoms with van der Waals surface area (Å²) in [6, 6.07) is 67.1. The number of fused-ring (bicyclic) bond motifs is 12. The van der Waals surface area contributed by atoms with E-state index >= 15 is 0 Å². The van der Waals surface area contributed by atoms with Gasteiger partial charge in [-0.2, -0.15) is 0 Å². The lowest BCUT2D eigenvalue weighted by molar-refractivity contribution is 0.658. The van der Waals surface area contributed by atoms with E-state index in [0.29, 0.717) is 0 Å². The molecule has 1 nitrogen and oxygen atoms in total. The molecule has 0 atom stereocenters. The van der Waals surface area contributed by atoms with Crippen LogP contribution in [0.2, 0.25) is 0 Å². The molecular formula is C55H36O. The molecule has 1 heteroatoms. The lowest BCUT2D eigenvalue weighted by Crippen LogP contribution is -2.15. The van der Waals surface area contributed by atoms with E-state index in [1.54, 1.807) is 0 Å².